The lowest BCUT2D eigenvalue weighted by molar-refractivity contribution is 0.350. The summed E-state index contributed by atoms with van der Waals surface area (Å²) >= 11 is 1.64. The van der Waals surface area contributed by atoms with Gasteiger partial charge in [-0.15, -0.1) is 0 Å². The molecule has 0 aliphatic carbocycles. The van der Waals surface area contributed by atoms with Gasteiger partial charge in [-0.05, 0) is 44.0 Å². The van der Waals surface area contributed by atoms with Gasteiger partial charge in [0.15, 0.2) is 5.16 Å². The van der Waals surface area contributed by atoms with Crippen molar-refractivity contribution >= 4 is 11.8 Å². The molecule has 0 saturated carbocycles. The van der Waals surface area contributed by atoms with Crippen LogP contribution in [0.5, 0.6) is 0 Å². The van der Waals surface area contributed by atoms with Crippen LogP contribution in [0.15, 0.2) is 29.4 Å². The highest BCUT2D eigenvalue weighted by molar-refractivity contribution is 7.98. The number of hydrogen-bond acceptors (Lipinski definition) is 4. The van der Waals surface area contributed by atoms with E-state index in [1.807, 2.05) is 45.0 Å². The van der Waals surface area contributed by atoms with Crippen molar-refractivity contribution in [3.63, 3.8) is 0 Å². The van der Waals surface area contributed by atoms with E-state index in [2.05, 4.69) is 21.8 Å². The number of aliphatic hydroxyl groups excluding tert-OH is 1. The zero-order chi connectivity index (χ0) is 15.2. The monoisotopic (exact) mass is 298 g/mol. The summed E-state index contributed by atoms with van der Waals surface area (Å²) in [5.41, 5.74) is 5.36. The molecule has 0 bridgehead atoms. The number of aliphatic hydroxyl groups is 1. The predicted molar refractivity (Wildman–Crippen MR) is 86.2 cm³/mol. The third-order valence-corrected chi connectivity index (χ3v) is 4.16. The normalized spacial score (nSPS) is 10.1. The first-order valence-corrected chi connectivity index (χ1v) is 7.72. The van der Waals surface area contributed by atoms with Crippen molar-refractivity contribution < 1.29 is 5.11 Å². The summed E-state index contributed by atoms with van der Waals surface area (Å²) < 4.78 is 0. The van der Waals surface area contributed by atoms with Crippen LogP contribution in [0, 0.1) is 32.6 Å². The molecule has 0 fully saturated rings. The molecule has 0 aliphatic rings. The van der Waals surface area contributed by atoms with Crippen molar-refractivity contribution in [3.8, 4) is 11.8 Å². The summed E-state index contributed by atoms with van der Waals surface area (Å²) in [6, 6.07) is 8.01. The molecule has 1 N–H and O–H groups in total. The minimum atomic E-state index is -0.110. The molecule has 0 aliphatic heterocycles. The highest BCUT2D eigenvalue weighted by Gasteiger charge is 2.05. The van der Waals surface area contributed by atoms with E-state index in [1.54, 1.807) is 11.8 Å². The van der Waals surface area contributed by atoms with Crippen molar-refractivity contribution in [3.05, 3.63) is 52.3 Å². The van der Waals surface area contributed by atoms with Crippen LogP contribution in [-0.2, 0) is 5.75 Å². The summed E-state index contributed by atoms with van der Waals surface area (Å²) in [7, 11) is 0. The average Bonchev–Trinajstić information content (AvgIpc) is 2.49. The highest BCUT2D eigenvalue weighted by Crippen LogP contribution is 2.21. The molecule has 4 heteroatoms. The summed E-state index contributed by atoms with van der Waals surface area (Å²) in [5, 5.41) is 9.49. The Balaban J connectivity index is 2.03. The molecule has 0 spiro atoms. The second kappa shape index (κ2) is 7.26. The molecule has 0 atom stereocenters. The molecule has 21 heavy (non-hydrogen) atoms. The van der Waals surface area contributed by atoms with E-state index in [0.29, 0.717) is 0 Å². The highest BCUT2D eigenvalue weighted by atomic mass is 32.2. The van der Waals surface area contributed by atoms with Gasteiger partial charge in [0.05, 0.1) is 0 Å². The van der Waals surface area contributed by atoms with Crippen LogP contribution in [-0.4, -0.2) is 21.7 Å². The van der Waals surface area contributed by atoms with Crippen LogP contribution in [0.25, 0.3) is 0 Å². The lowest BCUT2D eigenvalue weighted by atomic mass is 10.1. The van der Waals surface area contributed by atoms with Crippen molar-refractivity contribution in [2.45, 2.75) is 31.7 Å². The first-order chi connectivity index (χ1) is 10.1. The van der Waals surface area contributed by atoms with Gasteiger partial charge in [0.1, 0.15) is 6.61 Å². The third kappa shape index (κ3) is 4.32. The molecule has 0 unspecified atom stereocenters. The van der Waals surface area contributed by atoms with E-state index < -0.39 is 0 Å². The number of aromatic nitrogens is 2. The number of thioether (sulfide) groups is 1. The standard InChI is InChI=1S/C17H18N2OS/c1-12-13(2)18-17(19-14(12)3)21-11-16-8-6-15(7-9-16)5-4-10-20/h6-9,20H,10-11H2,1-3H3. The smallest absolute Gasteiger partial charge is 0.188 e. The van der Waals surface area contributed by atoms with Gasteiger partial charge in [-0.1, -0.05) is 35.7 Å². The van der Waals surface area contributed by atoms with Crippen molar-refractivity contribution in [1.29, 1.82) is 0 Å². The van der Waals surface area contributed by atoms with Gasteiger partial charge in [0.25, 0.3) is 0 Å². The Bertz CT molecular complexity index is 661. The zero-order valence-electron chi connectivity index (χ0n) is 12.5. The molecule has 3 nitrogen and oxygen atoms in total. The number of nitrogens with zero attached hydrogens (tertiary/aromatic N) is 2. The molecule has 0 saturated heterocycles. The van der Waals surface area contributed by atoms with Gasteiger partial charge < -0.3 is 5.11 Å². The van der Waals surface area contributed by atoms with Crippen LogP contribution in [0.1, 0.15) is 28.1 Å². The minimum absolute atomic E-state index is 0.110. The number of rotatable bonds is 3. The molecule has 108 valence electrons. The molecule has 1 aromatic carbocycles. The first-order valence-electron chi connectivity index (χ1n) is 6.73. The summed E-state index contributed by atoms with van der Waals surface area (Å²) in [4.78, 5) is 9.02. The maximum absolute atomic E-state index is 8.67. The van der Waals surface area contributed by atoms with E-state index in [-0.39, 0.29) is 6.61 Å². The molecular weight excluding hydrogens is 280 g/mol. The van der Waals surface area contributed by atoms with Crippen LogP contribution >= 0.6 is 11.8 Å². The molecule has 0 radical (unpaired) electrons. The lowest BCUT2D eigenvalue weighted by Gasteiger charge is -2.06. The SMILES string of the molecule is Cc1nc(SCc2ccc(C#CCO)cc2)nc(C)c1C. The van der Waals surface area contributed by atoms with Gasteiger partial charge in [-0.2, -0.15) is 0 Å². The summed E-state index contributed by atoms with van der Waals surface area (Å²) in [6.07, 6.45) is 0. The Morgan fingerprint density at radius 2 is 1.67 bits per heavy atom. The van der Waals surface area contributed by atoms with Gasteiger partial charge in [-0.25, -0.2) is 9.97 Å². The van der Waals surface area contributed by atoms with Gasteiger partial charge >= 0.3 is 0 Å². The maximum Gasteiger partial charge on any atom is 0.188 e. The Kier molecular flexibility index (Phi) is 5.38. The van der Waals surface area contributed by atoms with Crippen molar-refractivity contribution in [1.82, 2.24) is 9.97 Å². The predicted octanol–water partition coefficient (Wildman–Crippen LogP) is 3.04. The van der Waals surface area contributed by atoms with E-state index in [0.717, 1.165) is 33.4 Å². The van der Waals surface area contributed by atoms with E-state index in [9.17, 15) is 0 Å². The molecule has 2 rings (SSSR count). The molecule has 2 aromatic rings. The summed E-state index contributed by atoms with van der Waals surface area (Å²) in [6.45, 7) is 5.97. The number of benzene rings is 1. The lowest BCUT2D eigenvalue weighted by Crippen LogP contribution is -1.98. The largest absolute Gasteiger partial charge is 0.384 e. The van der Waals surface area contributed by atoms with E-state index in [4.69, 9.17) is 5.11 Å². The van der Waals surface area contributed by atoms with E-state index >= 15 is 0 Å². The van der Waals surface area contributed by atoms with Crippen molar-refractivity contribution in [2.24, 2.45) is 0 Å². The van der Waals surface area contributed by atoms with Gasteiger partial charge in [0, 0.05) is 22.7 Å². The number of hydrogen-bond donors (Lipinski definition) is 1. The Morgan fingerprint density at radius 3 is 2.24 bits per heavy atom. The maximum atomic E-state index is 8.67. The minimum Gasteiger partial charge on any atom is -0.384 e. The third-order valence-electron chi connectivity index (χ3n) is 3.25. The van der Waals surface area contributed by atoms with Crippen LogP contribution in [0.4, 0.5) is 0 Å². The second-order valence-electron chi connectivity index (χ2n) is 4.75. The molecule has 0 amide bonds. The zero-order valence-corrected chi connectivity index (χ0v) is 13.3. The number of aryl methyl sites for hydroxylation is 2. The molecule has 1 heterocycles. The fraction of sp³-hybridized carbons (Fsp3) is 0.294. The molecular formula is C17H18N2OS. The van der Waals surface area contributed by atoms with Gasteiger partial charge in [-0.3, -0.25) is 0 Å². The molecule has 1 aromatic heterocycles. The quantitative estimate of drug-likeness (QED) is 0.537. The Morgan fingerprint density at radius 1 is 1.05 bits per heavy atom. The topological polar surface area (TPSA) is 46.0 Å². The fourth-order valence-corrected chi connectivity index (χ4v) is 2.67. The van der Waals surface area contributed by atoms with Crippen LogP contribution in [0.3, 0.4) is 0 Å². The van der Waals surface area contributed by atoms with Crippen molar-refractivity contribution in [2.75, 3.05) is 6.61 Å². The fourth-order valence-electron chi connectivity index (χ4n) is 1.78. The van der Waals surface area contributed by atoms with Crippen LogP contribution in [0.2, 0.25) is 0 Å². The Labute approximate surface area is 129 Å². The van der Waals surface area contributed by atoms with Gasteiger partial charge in [0.2, 0.25) is 0 Å². The second-order valence-corrected chi connectivity index (χ2v) is 5.69. The van der Waals surface area contributed by atoms with E-state index in [1.165, 1.54) is 5.56 Å². The van der Waals surface area contributed by atoms with Crippen LogP contribution < -0.4 is 0 Å². The summed E-state index contributed by atoms with van der Waals surface area (Å²) in [5.74, 6) is 6.35. The average molecular weight is 298 g/mol. The first kappa shape index (κ1) is 15.6. The Hall–Kier alpha value is -1.83.